The molecule has 3 aromatic rings. The van der Waals surface area contributed by atoms with Gasteiger partial charge in [-0.2, -0.15) is 13.2 Å². The van der Waals surface area contributed by atoms with E-state index in [0.717, 1.165) is 3.57 Å². The van der Waals surface area contributed by atoms with Gasteiger partial charge in [-0.1, -0.05) is 0 Å². The molecule has 0 amide bonds. The standard InChI is InChI=1S/C13H6F3IN2/c14-13(15,16)11-8-2-1-5-18-12(8)19-10-4-3-7(17)6-9(10)11/h1-6H. The maximum atomic E-state index is 13.3. The number of halogens is 4. The molecule has 1 aromatic carbocycles. The number of benzene rings is 1. The lowest BCUT2D eigenvalue weighted by Crippen LogP contribution is -2.08. The largest absolute Gasteiger partial charge is 0.417 e. The number of fused-ring (bicyclic) bond motifs is 2. The van der Waals surface area contributed by atoms with Crippen molar-refractivity contribution < 1.29 is 13.2 Å². The van der Waals surface area contributed by atoms with Gasteiger partial charge in [-0.3, -0.25) is 0 Å². The number of nitrogens with zero attached hydrogens (tertiary/aromatic N) is 2. The monoisotopic (exact) mass is 374 g/mol. The van der Waals surface area contributed by atoms with Gasteiger partial charge in [0.1, 0.15) is 0 Å². The zero-order valence-corrected chi connectivity index (χ0v) is 11.5. The van der Waals surface area contributed by atoms with Crippen LogP contribution in [-0.4, -0.2) is 9.97 Å². The first kappa shape index (κ1) is 12.6. The Morgan fingerprint density at radius 3 is 2.58 bits per heavy atom. The van der Waals surface area contributed by atoms with E-state index in [1.165, 1.54) is 24.4 Å². The summed E-state index contributed by atoms with van der Waals surface area (Å²) < 4.78 is 40.7. The van der Waals surface area contributed by atoms with Crippen LogP contribution in [0, 0.1) is 3.57 Å². The van der Waals surface area contributed by atoms with Crippen molar-refractivity contribution in [2.45, 2.75) is 6.18 Å². The van der Waals surface area contributed by atoms with E-state index < -0.39 is 11.7 Å². The van der Waals surface area contributed by atoms with Gasteiger partial charge in [0.2, 0.25) is 0 Å². The fraction of sp³-hybridized carbons (Fsp3) is 0.0769. The second kappa shape index (κ2) is 4.29. The minimum absolute atomic E-state index is 0.0319. The van der Waals surface area contributed by atoms with Crippen LogP contribution in [0.3, 0.4) is 0 Å². The van der Waals surface area contributed by atoms with Crippen LogP contribution in [0.1, 0.15) is 5.56 Å². The van der Waals surface area contributed by atoms with Crippen molar-refractivity contribution in [3.05, 3.63) is 45.7 Å². The zero-order chi connectivity index (χ0) is 13.6. The van der Waals surface area contributed by atoms with Gasteiger partial charge < -0.3 is 0 Å². The summed E-state index contributed by atoms with van der Waals surface area (Å²) in [5.74, 6) is 0. The molecule has 2 nitrogen and oxygen atoms in total. The minimum atomic E-state index is -4.44. The number of aromatic nitrogens is 2. The lowest BCUT2D eigenvalue weighted by atomic mass is 10.0. The van der Waals surface area contributed by atoms with Crippen LogP contribution >= 0.6 is 22.6 Å². The molecule has 0 N–H and O–H groups in total. The van der Waals surface area contributed by atoms with E-state index >= 15 is 0 Å². The average Bonchev–Trinajstić information content (AvgIpc) is 2.34. The normalized spacial score (nSPS) is 12.2. The maximum absolute atomic E-state index is 13.3. The van der Waals surface area contributed by atoms with Crippen LogP contribution in [0.2, 0.25) is 0 Å². The Kier molecular flexibility index (Phi) is 2.84. The third kappa shape index (κ3) is 2.13. The highest BCUT2D eigenvalue weighted by Crippen LogP contribution is 2.39. The predicted octanol–water partition coefficient (Wildman–Crippen LogP) is 4.41. The first-order valence-corrected chi connectivity index (χ1v) is 6.46. The first-order chi connectivity index (χ1) is 8.97. The Hall–Kier alpha value is -1.44. The Morgan fingerprint density at radius 1 is 1.05 bits per heavy atom. The van der Waals surface area contributed by atoms with E-state index in [9.17, 15) is 13.2 Å². The lowest BCUT2D eigenvalue weighted by Gasteiger charge is -2.13. The summed E-state index contributed by atoms with van der Waals surface area (Å²) in [7, 11) is 0. The number of hydrogen-bond donors (Lipinski definition) is 0. The summed E-state index contributed by atoms with van der Waals surface area (Å²) in [6.07, 6.45) is -3.00. The molecule has 0 aliphatic carbocycles. The van der Waals surface area contributed by atoms with Crippen LogP contribution < -0.4 is 0 Å². The molecule has 0 bridgehead atoms. The van der Waals surface area contributed by atoms with Gasteiger partial charge >= 0.3 is 6.18 Å². The van der Waals surface area contributed by atoms with Crippen molar-refractivity contribution >= 4 is 44.5 Å². The molecule has 0 spiro atoms. The van der Waals surface area contributed by atoms with Gasteiger partial charge in [0.15, 0.2) is 5.65 Å². The van der Waals surface area contributed by atoms with Crippen molar-refractivity contribution in [3.8, 4) is 0 Å². The third-order valence-corrected chi connectivity index (χ3v) is 3.46. The molecule has 0 atom stereocenters. The zero-order valence-electron chi connectivity index (χ0n) is 9.37. The summed E-state index contributed by atoms with van der Waals surface area (Å²) in [4.78, 5) is 8.09. The highest BCUT2D eigenvalue weighted by atomic mass is 127. The highest BCUT2D eigenvalue weighted by molar-refractivity contribution is 14.1. The third-order valence-electron chi connectivity index (χ3n) is 2.79. The van der Waals surface area contributed by atoms with Crippen LogP contribution in [-0.2, 0) is 6.18 Å². The van der Waals surface area contributed by atoms with E-state index in [4.69, 9.17) is 0 Å². The molecule has 0 aliphatic heterocycles. The SMILES string of the molecule is FC(F)(F)c1c2cc(I)ccc2nc2ncccc12. The van der Waals surface area contributed by atoms with E-state index in [-0.39, 0.29) is 16.4 Å². The second-order valence-electron chi connectivity index (χ2n) is 4.02. The summed E-state index contributed by atoms with van der Waals surface area (Å²) in [5.41, 5.74) is -0.249. The number of hydrogen-bond acceptors (Lipinski definition) is 2. The van der Waals surface area contributed by atoms with Crippen molar-refractivity contribution in [1.82, 2.24) is 9.97 Å². The maximum Gasteiger partial charge on any atom is 0.417 e. The number of rotatable bonds is 0. The molecule has 2 heterocycles. The minimum Gasteiger partial charge on any atom is -0.237 e. The highest BCUT2D eigenvalue weighted by Gasteiger charge is 2.35. The Labute approximate surface area is 119 Å². The van der Waals surface area contributed by atoms with E-state index in [0.29, 0.717) is 5.52 Å². The summed E-state index contributed by atoms with van der Waals surface area (Å²) in [5, 5.41) is 0.143. The molecule has 6 heteroatoms. The Bertz CT molecular complexity index is 784. The molecule has 19 heavy (non-hydrogen) atoms. The first-order valence-electron chi connectivity index (χ1n) is 5.38. The molecular weight excluding hydrogens is 368 g/mol. The van der Waals surface area contributed by atoms with Gasteiger partial charge in [-0.05, 0) is 52.9 Å². The van der Waals surface area contributed by atoms with Crippen LogP contribution in [0.4, 0.5) is 13.2 Å². The van der Waals surface area contributed by atoms with Crippen molar-refractivity contribution in [3.63, 3.8) is 0 Å². The summed E-state index contributed by atoms with van der Waals surface area (Å²) in [6.45, 7) is 0. The van der Waals surface area contributed by atoms with Crippen molar-refractivity contribution in [2.24, 2.45) is 0 Å². The van der Waals surface area contributed by atoms with Gasteiger partial charge in [-0.25, -0.2) is 9.97 Å². The Morgan fingerprint density at radius 2 is 1.84 bits per heavy atom. The van der Waals surface area contributed by atoms with Gasteiger partial charge in [0.25, 0.3) is 0 Å². The van der Waals surface area contributed by atoms with Gasteiger partial charge in [0, 0.05) is 20.5 Å². The molecular formula is C13H6F3IN2. The molecule has 0 radical (unpaired) electrons. The topological polar surface area (TPSA) is 25.8 Å². The average molecular weight is 374 g/mol. The van der Waals surface area contributed by atoms with E-state index in [1.54, 1.807) is 12.1 Å². The van der Waals surface area contributed by atoms with E-state index in [1.807, 2.05) is 22.6 Å². The number of alkyl halides is 3. The van der Waals surface area contributed by atoms with Crippen molar-refractivity contribution in [2.75, 3.05) is 0 Å². The van der Waals surface area contributed by atoms with E-state index in [2.05, 4.69) is 9.97 Å². The number of pyridine rings is 2. The smallest absolute Gasteiger partial charge is 0.237 e. The van der Waals surface area contributed by atoms with Crippen LogP contribution in [0.5, 0.6) is 0 Å². The molecule has 0 saturated carbocycles. The van der Waals surface area contributed by atoms with Crippen LogP contribution in [0.25, 0.3) is 21.9 Å². The molecule has 0 fully saturated rings. The molecule has 0 unspecified atom stereocenters. The van der Waals surface area contributed by atoms with Crippen molar-refractivity contribution in [1.29, 1.82) is 0 Å². The molecule has 0 saturated heterocycles. The quantitative estimate of drug-likeness (QED) is 0.431. The molecule has 2 aromatic heterocycles. The predicted molar refractivity (Wildman–Crippen MR) is 74.8 cm³/mol. The van der Waals surface area contributed by atoms with Gasteiger partial charge in [-0.15, -0.1) is 0 Å². The van der Waals surface area contributed by atoms with Gasteiger partial charge in [0.05, 0.1) is 11.1 Å². The fourth-order valence-corrected chi connectivity index (χ4v) is 2.54. The summed E-state index contributed by atoms with van der Waals surface area (Å²) >= 11 is 1.99. The second-order valence-corrected chi connectivity index (χ2v) is 5.27. The Balaban J connectivity index is 2.58. The fourth-order valence-electron chi connectivity index (χ4n) is 2.05. The summed E-state index contributed by atoms with van der Waals surface area (Å²) in [6, 6.07) is 7.69. The molecule has 96 valence electrons. The lowest BCUT2D eigenvalue weighted by molar-refractivity contribution is -0.135. The molecule has 0 aliphatic rings. The molecule has 3 rings (SSSR count). The van der Waals surface area contributed by atoms with Crippen LogP contribution in [0.15, 0.2) is 36.5 Å².